The van der Waals surface area contributed by atoms with Crippen LogP contribution in [0.1, 0.15) is 27.0 Å². The van der Waals surface area contributed by atoms with Crippen LogP contribution in [0, 0.1) is 0 Å². The number of hydrogen-bond donors (Lipinski definition) is 2. The molecule has 0 bridgehead atoms. The van der Waals surface area contributed by atoms with Crippen molar-refractivity contribution in [1.29, 1.82) is 0 Å². The van der Waals surface area contributed by atoms with Gasteiger partial charge in [-0.2, -0.15) is 0 Å². The predicted octanol–water partition coefficient (Wildman–Crippen LogP) is 4.72. The Morgan fingerprint density at radius 2 is 1.68 bits per heavy atom. The molecule has 0 spiro atoms. The van der Waals surface area contributed by atoms with Gasteiger partial charge in [0, 0.05) is 21.3 Å². The van der Waals surface area contributed by atoms with E-state index in [1.807, 2.05) is 24.3 Å². The van der Waals surface area contributed by atoms with Crippen molar-refractivity contribution in [2.24, 2.45) is 0 Å². The van der Waals surface area contributed by atoms with Gasteiger partial charge >= 0.3 is 6.03 Å². The first-order valence-corrected chi connectivity index (χ1v) is 8.55. The van der Waals surface area contributed by atoms with Crippen LogP contribution in [0.5, 0.6) is 0 Å². The first-order valence-electron chi connectivity index (χ1n) is 7.36. The van der Waals surface area contributed by atoms with E-state index in [0.29, 0.717) is 16.3 Å². The Labute approximate surface area is 152 Å². The van der Waals surface area contributed by atoms with Crippen LogP contribution in [-0.4, -0.2) is 17.7 Å². The quantitative estimate of drug-likeness (QED) is 0.653. The summed E-state index contributed by atoms with van der Waals surface area (Å²) in [6, 6.07) is 13.1. The number of carbonyl (C=O) groups excluding carboxylic acids is 3. The molecule has 126 valence electrons. The SMILES string of the molecule is CC(=O)c1ccc(NC(=O)NC(=O)c2sc3ccccc3c2Cl)cc1. The van der Waals surface area contributed by atoms with Crippen molar-refractivity contribution < 1.29 is 14.4 Å². The number of benzene rings is 2. The lowest BCUT2D eigenvalue weighted by Crippen LogP contribution is -2.34. The minimum Gasteiger partial charge on any atom is -0.308 e. The third-order valence-corrected chi connectivity index (χ3v) is 5.19. The van der Waals surface area contributed by atoms with E-state index in [1.165, 1.54) is 18.3 Å². The van der Waals surface area contributed by atoms with Crippen molar-refractivity contribution >= 4 is 56.4 Å². The van der Waals surface area contributed by atoms with E-state index in [2.05, 4.69) is 10.6 Å². The van der Waals surface area contributed by atoms with Gasteiger partial charge in [-0.1, -0.05) is 29.8 Å². The molecule has 2 aromatic carbocycles. The fourth-order valence-electron chi connectivity index (χ4n) is 2.27. The van der Waals surface area contributed by atoms with Gasteiger partial charge in [0.15, 0.2) is 5.78 Å². The fourth-order valence-corrected chi connectivity index (χ4v) is 3.68. The maximum Gasteiger partial charge on any atom is 0.326 e. The highest BCUT2D eigenvalue weighted by atomic mass is 35.5. The molecule has 0 radical (unpaired) electrons. The van der Waals surface area contributed by atoms with E-state index in [0.717, 1.165) is 10.1 Å². The van der Waals surface area contributed by atoms with Crippen LogP contribution in [0.3, 0.4) is 0 Å². The van der Waals surface area contributed by atoms with E-state index in [9.17, 15) is 14.4 Å². The molecule has 0 aliphatic heterocycles. The average Bonchev–Trinajstić information content (AvgIpc) is 2.92. The summed E-state index contributed by atoms with van der Waals surface area (Å²) in [7, 11) is 0. The molecular formula is C18H13ClN2O3S. The third-order valence-electron chi connectivity index (χ3n) is 3.52. The Balaban J connectivity index is 1.70. The number of halogens is 1. The van der Waals surface area contributed by atoms with Gasteiger partial charge in [0.2, 0.25) is 0 Å². The minimum atomic E-state index is -0.672. The number of imide groups is 1. The van der Waals surface area contributed by atoms with Crippen LogP contribution >= 0.6 is 22.9 Å². The van der Waals surface area contributed by atoms with Gasteiger partial charge in [-0.05, 0) is 37.3 Å². The molecule has 0 aliphatic carbocycles. The summed E-state index contributed by atoms with van der Waals surface area (Å²) >= 11 is 7.45. The predicted molar refractivity (Wildman–Crippen MR) is 99.8 cm³/mol. The van der Waals surface area contributed by atoms with Gasteiger partial charge in [-0.3, -0.25) is 14.9 Å². The zero-order valence-corrected chi connectivity index (χ0v) is 14.7. The van der Waals surface area contributed by atoms with Gasteiger partial charge in [-0.25, -0.2) is 4.79 Å². The number of urea groups is 1. The second kappa shape index (κ2) is 7.04. The highest BCUT2D eigenvalue weighted by Crippen LogP contribution is 2.34. The maximum atomic E-state index is 12.3. The summed E-state index contributed by atoms with van der Waals surface area (Å²) in [5.41, 5.74) is 1.01. The smallest absolute Gasteiger partial charge is 0.308 e. The topological polar surface area (TPSA) is 75.3 Å². The number of carbonyl (C=O) groups is 3. The normalized spacial score (nSPS) is 10.5. The summed E-state index contributed by atoms with van der Waals surface area (Å²) in [5, 5.41) is 5.90. The van der Waals surface area contributed by atoms with Gasteiger partial charge < -0.3 is 5.32 Å². The van der Waals surface area contributed by atoms with Crippen molar-refractivity contribution in [3.63, 3.8) is 0 Å². The molecule has 0 saturated heterocycles. The molecule has 3 aromatic rings. The van der Waals surface area contributed by atoms with Gasteiger partial charge in [-0.15, -0.1) is 11.3 Å². The minimum absolute atomic E-state index is 0.0643. The van der Waals surface area contributed by atoms with Gasteiger partial charge in [0.25, 0.3) is 5.91 Å². The average molecular weight is 373 g/mol. The summed E-state index contributed by atoms with van der Waals surface area (Å²) in [6.07, 6.45) is 0. The molecule has 3 amide bonds. The van der Waals surface area contributed by atoms with Gasteiger partial charge in [0.05, 0.1) is 5.02 Å². The van der Waals surface area contributed by atoms with Crippen molar-refractivity contribution in [2.75, 3.05) is 5.32 Å². The van der Waals surface area contributed by atoms with Crippen molar-refractivity contribution in [2.45, 2.75) is 6.92 Å². The molecule has 3 rings (SSSR count). The zero-order valence-electron chi connectivity index (χ0n) is 13.1. The molecule has 0 aliphatic rings. The lowest BCUT2D eigenvalue weighted by molar-refractivity contribution is 0.0969. The van der Waals surface area contributed by atoms with Crippen LogP contribution in [-0.2, 0) is 0 Å². The molecule has 7 heteroatoms. The van der Waals surface area contributed by atoms with E-state index in [4.69, 9.17) is 11.6 Å². The fraction of sp³-hybridized carbons (Fsp3) is 0.0556. The van der Waals surface area contributed by atoms with Crippen LogP contribution in [0.15, 0.2) is 48.5 Å². The molecule has 0 fully saturated rings. The molecular weight excluding hydrogens is 360 g/mol. The first-order chi connectivity index (χ1) is 12.0. The number of anilines is 1. The van der Waals surface area contributed by atoms with E-state index in [-0.39, 0.29) is 10.7 Å². The monoisotopic (exact) mass is 372 g/mol. The highest BCUT2D eigenvalue weighted by Gasteiger charge is 2.18. The highest BCUT2D eigenvalue weighted by molar-refractivity contribution is 7.21. The molecule has 25 heavy (non-hydrogen) atoms. The number of nitrogens with one attached hydrogen (secondary N) is 2. The molecule has 1 heterocycles. The summed E-state index contributed by atoms with van der Waals surface area (Å²) < 4.78 is 0.873. The number of hydrogen-bond acceptors (Lipinski definition) is 4. The Bertz CT molecular complexity index is 980. The van der Waals surface area contributed by atoms with E-state index in [1.54, 1.807) is 24.3 Å². The van der Waals surface area contributed by atoms with Crippen LogP contribution in [0.2, 0.25) is 5.02 Å². The van der Waals surface area contributed by atoms with E-state index >= 15 is 0 Å². The zero-order chi connectivity index (χ0) is 18.0. The van der Waals surface area contributed by atoms with Crippen molar-refractivity contribution in [3.05, 3.63) is 64.0 Å². The molecule has 0 unspecified atom stereocenters. The number of rotatable bonds is 3. The molecule has 1 aromatic heterocycles. The third kappa shape index (κ3) is 3.70. The second-order valence-electron chi connectivity index (χ2n) is 5.28. The second-order valence-corrected chi connectivity index (χ2v) is 6.71. The number of Topliss-reactive ketones (excluding diaryl/α,β-unsaturated/α-hetero) is 1. The van der Waals surface area contributed by atoms with Crippen LogP contribution in [0.25, 0.3) is 10.1 Å². The molecule has 0 atom stereocenters. The van der Waals surface area contributed by atoms with Crippen LogP contribution in [0.4, 0.5) is 10.5 Å². The van der Waals surface area contributed by atoms with Crippen molar-refractivity contribution in [1.82, 2.24) is 5.32 Å². The van der Waals surface area contributed by atoms with Crippen LogP contribution < -0.4 is 10.6 Å². The first kappa shape index (κ1) is 17.1. The number of ketones is 1. The number of fused-ring (bicyclic) bond motifs is 1. The Morgan fingerprint density at radius 1 is 1.00 bits per heavy atom. The number of amides is 3. The lowest BCUT2D eigenvalue weighted by atomic mass is 10.1. The standard InChI is InChI=1S/C18H13ClN2O3S/c1-10(22)11-6-8-12(9-7-11)20-18(24)21-17(23)16-15(19)13-4-2-3-5-14(13)25-16/h2-9H,1H3,(H2,20,21,23,24). The van der Waals surface area contributed by atoms with Crippen molar-refractivity contribution in [3.8, 4) is 0 Å². The number of thiophene rings is 1. The Hall–Kier alpha value is -2.70. The lowest BCUT2D eigenvalue weighted by Gasteiger charge is -2.06. The molecule has 0 saturated carbocycles. The Kier molecular flexibility index (Phi) is 4.83. The summed E-state index contributed by atoms with van der Waals surface area (Å²) in [6.45, 7) is 1.46. The molecule has 2 N–H and O–H groups in total. The summed E-state index contributed by atoms with van der Waals surface area (Å²) in [5.74, 6) is -0.630. The Morgan fingerprint density at radius 3 is 2.32 bits per heavy atom. The largest absolute Gasteiger partial charge is 0.326 e. The van der Waals surface area contributed by atoms with E-state index < -0.39 is 11.9 Å². The summed E-state index contributed by atoms with van der Waals surface area (Å²) in [4.78, 5) is 35.8. The molecule has 5 nitrogen and oxygen atoms in total. The maximum absolute atomic E-state index is 12.3. The van der Waals surface area contributed by atoms with Gasteiger partial charge in [0.1, 0.15) is 4.88 Å².